The SMILES string of the molecule is CCOC(=O)N1C[C@@H]2C(=CC(=O)[C@H]2C)[C@@H](C)C1. The van der Waals surface area contributed by atoms with Gasteiger partial charge in [0, 0.05) is 24.9 Å². The van der Waals surface area contributed by atoms with Gasteiger partial charge in [0.15, 0.2) is 5.78 Å². The van der Waals surface area contributed by atoms with E-state index in [0.717, 1.165) is 0 Å². The molecule has 0 aromatic heterocycles. The minimum absolute atomic E-state index is 0.00433. The van der Waals surface area contributed by atoms with Crippen LogP contribution < -0.4 is 0 Å². The number of piperidine rings is 1. The second kappa shape index (κ2) is 4.51. The predicted octanol–water partition coefficient (Wildman–Crippen LogP) is 1.86. The Morgan fingerprint density at radius 1 is 1.47 bits per heavy atom. The van der Waals surface area contributed by atoms with E-state index in [0.29, 0.717) is 19.7 Å². The number of carbonyl (C=O) groups excluding carboxylic acids is 2. The molecule has 1 amide bonds. The molecule has 0 bridgehead atoms. The van der Waals surface area contributed by atoms with E-state index in [-0.39, 0.29) is 29.6 Å². The summed E-state index contributed by atoms with van der Waals surface area (Å²) in [7, 11) is 0. The summed E-state index contributed by atoms with van der Waals surface area (Å²) in [6.45, 7) is 7.47. The molecule has 94 valence electrons. The highest BCUT2D eigenvalue weighted by Gasteiger charge is 2.41. The van der Waals surface area contributed by atoms with Gasteiger partial charge in [-0.1, -0.05) is 19.4 Å². The fourth-order valence-corrected chi connectivity index (χ4v) is 2.77. The monoisotopic (exact) mass is 237 g/mol. The fraction of sp³-hybridized carbons (Fsp3) is 0.692. The van der Waals surface area contributed by atoms with E-state index in [1.54, 1.807) is 17.9 Å². The Balaban J connectivity index is 2.12. The van der Waals surface area contributed by atoms with Crippen LogP contribution in [0.1, 0.15) is 20.8 Å². The second-order valence-electron chi connectivity index (χ2n) is 4.95. The number of amides is 1. The van der Waals surface area contributed by atoms with Gasteiger partial charge < -0.3 is 9.64 Å². The zero-order chi connectivity index (χ0) is 12.6. The fourth-order valence-electron chi connectivity index (χ4n) is 2.77. The van der Waals surface area contributed by atoms with Gasteiger partial charge in [-0.05, 0) is 18.9 Å². The molecule has 2 rings (SSSR count). The van der Waals surface area contributed by atoms with Crippen molar-refractivity contribution in [1.29, 1.82) is 0 Å². The van der Waals surface area contributed by atoms with Crippen LogP contribution in [0, 0.1) is 17.8 Å². The lowest BCUT2D eigenvalue weighted by molar-refractivity contribution is -0.118. The topological polar surface area (TPSA) is 46.6 Å². The summed E-state index contributed by atoms with van der Waals surface area (Å²) in [5, 5.41) is 0. The van der Waals surface area contributed by atoms with Gasteiger partial charge in [0.05, 0.1) is 6.61 Å². The van der Waals surface area contributed by atoms with Gasteiger partial charge >= 0.3 is 6.09 Å². The Morgan fingerprint density at radius 3 is 2.82 bits per heavy atom. The molecular formula is C13H19NO3. The van der Waals surface area contributed by atoms with Gasteiger partial charge in [-0.25, -0.2) is 4.79 Å². The van der Waals surface area contributed by atoms with Gasteiger partial charge in [0.2, 0.25) is 0 Å². The molecule has 3 atom stereocenters. The normalized spacial score (nSPS) is 32.2. The molecule has 17 heavy (non-hydrogen) atoms. The van der Waals surface area contributed by atoms with Crippen LogP contribution in [0.15, 0.2) is 11.6 Å². The highest BCUT2D eigenvalue weighted by Crippen LogP contribution is 2.38. The molecule has 0 aromatic carbocycles. The third kappa shape index (κ3) is 2.08. The lowest BCUT2D eigenvalue weighted by atomic mass is 9.82. The lowest BCUT2D eigenvalue weighted by Crippen LogP contribution is -2.45. The number of rotatable bonds is 1. The molecule has 0 spiro atoms. The van der Waals surface area contributed by atoms with Crippen LogP contribution >= 0.6 is 0 Å². The molecule has 0 aromatic rings. The van der Waals surface area contributed by atoms with Gasteiger partial charge in [-0.2, -0.15) is 0 Å². The molecular weight excluding hydrogens is 218 g/mol. The van der Waals surface area contributed by atoms with E-state index in [9.17, 15) is 9.59 Å². The average molecular weight is 237 g/mol. The Kier molecular flexibility index (Phi) is 3.22. The molecule has 0 unspecified atom stereocenters. The van der Waals surface area contributed by atoms with E-state index < -0.39 is 0 Å². The quantitative estimate of drug-likeness (QED) is 0.699. The van der Waals surface area contributed by atoms with E-state index in [1.807, 2.05) is 6.92 Å². The van der Waals surface area contributed by atoms with Gasteiger partial charge in [0.25, 0.3) is 0 Å². The van der Waals surface area contributed by atoms with Gasteiger partial charge in [-0.15, -0.1) is 0 Å². The van der Waals surface area contributed by atoms with E-state index in [2.05, 4.69) is 6.92 Å². The van der Waals surface area contributed by atoms with Crippen molar-refractivity contribution < 1.29 is 14.3 Å². The van der Waals surface area contributed by atoms with Crippen LogP contribution in [0.2, 0.25) is 0 Å². The van der Waals surface area contributed by atoms with Crippen LogP contribution in [0.5, 0.6) is 0 Å². The number of ketones is 1. The van der Waals surface area contributed by atoms with Crippen molar-refractivity contribution in [3.63, 3.8) is 0 Å². The minimum Gasteiger partial charge on any atom is -0.450 e. The number of carbonyl (C=O) groups is 2. The molecule has 4 nitrogen and oxygen atoms in total. The highest BCUT2D eigenvalue weighted by molar-refractivity contribution is 5.95. The summed E-state index contributed by atoms with van der Waals surface area (Å²) < 4.78 is 5.02. The summed E-state index contributed by atoms with van der Waals surface area (Å²) >= 11 is 0. The zero-order valence-electron chi connectivity index (χ0n) is 10.6. The largest absolute Gasteiger partial charge is 0.450 e. The molecule has 1 saturated heterocycles. The molecule has 1 aliphatic carbocycles. The maximum atomic E-state index is 11.7. The number of ether oxygens (including phenoxy) is 1. The first-order valence-electron chi connectivity index (χ1n) is 6.21. The lowest BCUT2D eigenvalue weighted by Gasteiger charge is -2.37. The summed E-state index contributed by atoms with van der Waals surface area (Å²) in [6.07, 6.45) is 1.52. The molecule has 0 N–H and O–H groups in total. The molecule has 1 aliphatic heterocycles. The van der Waals surface area contributed by atoms with Gasteiger partial charge in [-0.3, -0.25) is 4.79 Å². The Morgan fingerprint density at radius 2 is 2.18 bits per heavy atom. The minimum atomic E-state index is -0.259. The average Bonchev–Trinajstić information content (AvgIpc) is 2.57. The Hall–Kier alpha value is -1.32. The summed E-state index contributed by atoms with van der Waals surface area (Å²) in [5.41, 5.74) is 1.21. The summed E-state index contributed by atoms with van der Waals surface area (Å²) in [5.74, 6) is 0.648. The number of allylic oxidation sites excluding steroid dienone is 1. The summed E-state index contributed by atoms with van der Waals surface area (Å²) in [6, 6.07) is 0. The van der Waals surface area contributed by atoms with Crippen molar-refractivity contribution in [3.8, 4) is 0 Å². The first-order chi connectivity index (χ1) is 8.04. The van der Waals surface area contributed by atoms with Crippen LogP contribution in [0.4, 0.5) is 4.79 Å². The van der Waals surface area contributed by atoms with Crippen molar-refractivity contribution in [2.24, 2.45) is 17.8 Å². The number of fused-ring (bicyclic) bond motifs is 1. The molecule has 0 radical (unpaired) electrons. The van der Waals surface area contributed by atoms with Crippen molar-refractivity contribution in [1.82, 2.24) is 4.90 Å². The van der Waals surface area contributed by atoms with Crippen LogP contribution in [0.3, 0.4) is 0 Å². The Labute approximate surface area is 102 Å². The first-order valence-corrected chi connectivity index (χ1v) is 6.21. The zero-order valence-corrected chi connectivity index (χ0v) is 10.6. The standard InChI is InChI=1S/C13H19NO3/c1-4-17-13(16)14-6-8(2)10-5-12(15)9(3)11(10)7-14/h5,8-9,11H,4,6-7H2,1-3H3/t8-,9-,11-/m0/s1. The van der Waals surface area contributed by atoms with Crippen molar-refractivity contribution in [2.45, 2.75) is 20.8 Å². The maximum Gasteiger partial charge on any atom is 0.409 e. The third-order valence-corrected chi connectivity index (χ3v) is 3.80. The molecule has 4 heteroatoms. The molecule has 0 saturated carbocycles. The first kappa shape index (κ1) is 12.1. The number of nitrogens with zero attached hydrogens (tertiary/aromatic N) is 1. The highest BCUT2D eigenvalue weighted by atomic mass is 16.6. The van der Waals surface area contributed by atoms with Crippen LogP contribution in [-0.4, -0.2) is 36.5 Å². The molecule has 1 fully saturated rings. The maximum absolute atomic E-state index is 11.7. The number of likely N-dealkylation sites (tertiary alicyclic amines) is 1. The second-order valence-corrected chi connectivity index (χ2v) is 4.95. The van der Waals surface area contributed by atoms with Crippen LogP contribution in [-0.2, 0) is 9.53 Å². The van der Waals surface area contributed by atoms with E-state index in [1.165, 1.54) is 5.57 Å². The van der Waals surface area contributed by atoms with E-state index in [4.69, 9.17) is 4.74 Å². The predicted molar refractivity (Wildman–Crippen MR) is 63.5 cm³/mol. The van der Waals surface area contributed by atoms with Gasteiger partial charge in [0.1, 0.15) is 0 Å². The molecule has 1 heterocycles. The van der Waals surface area contributed by atoms with E-state index >= 15 is 0 Å². The third-order valence-electron chi connectivity index (χ3n) is 3.80. The Bertz CT molecular complexity index is 375. The number of hydrogen-bond donors (Lipinski definition) is 0. The van der Waals surface area contributed by atoms with Crippen LogP contribution in [0.25, 0.3) is 0 Å². The molecule has 2 aliphatic rings. The summed E-state index contributed by atoms with van der Waals surface area (Å²) in [4.78, 5) is 25.1. The smallest absolute Gasteiger partial charge is 0.409 e. The van der Waals surface area contributed by atoms with Crippen molar-refractivity contribution >= 4 is 11.9 Å². The van der Waals surface area contributed by atoms with Crippen molar-refractivity contribution in [2.75, 3.05) is 19.7 Å². The van der Waals surface area contributed by atoms with Crippen molar-refractivity contribution in [3.05, 3.63) is 11.6 Å². The number of hydrogen-bond acceptors (Lipinski definition) is 3.